The highest BCUT2D eigenvalue weighted by molar-refractivity contribution is 5.49. The van der Waals surface area contributed by atoms with Crippen LogP contribution in [0.15, 0.2) is 36.4 Å². The van der Waals surface area contributed by atoms with E-state index >= 15 is 0 Å². The van der Waals surface area contributed by atoms with Gasteiger partial charge in [0, 0.05) is 6.42 Å². The van der Waals surface area contributed by atoms with Gasteiger partial charge >= 0.3 is 0 Å². The zero-order chi connectivity index (χ0) is 9.80. The van der Waals surface area contributed by atoms with Crippen LogP contribution < -0.4 is 0 Å². The van der Waals surface area contributed by atoms with Gasteiger partial charge in [-0.25, -0.2) is 0 Å². The number of benzene rings is 1. The van der Waals surface area contributed by atoms with Gasteiger partial charge in [-0.2, -0.15) is 0 Å². The molecular formula is C12H14O2. The second-order valence-electron chi connectivity index (χ2n) is 3.48. The minimum atomic E-state index is -0.569. The number of aliphatic hydroxyl groups is 1. The van der Waals surface area contributed by atoms with Crippen LogP contribution in [0.5, 0.6) is 0 Å². The topological polar surface area (TPSA) is 29.5 Å². The smallest absolute Gasteiger partial charge is 0.155 e. The Bertz CT molecular complexity index is 305. The van der Waals surface area contributed by atoms with Gasteiger partial charge in [0.15, 0.2) is 6.29 Å². The minimum absolute atomic E-state index is 0.0743. The van der Waals surface area contributed by atoms with Crippen LogP contribution in [0.4, 0.5) is 0 Å². The normalized spacial score (nSPS) is 27.2. The average Bonchev–Trinajstić information content (AvgIpc) is 2.63. The van der Waals surface area contributed by atoms with Crippen LogP contribution in [-0.4, -0.2) is 17.5 Å². The summed E-state index contributed by atoms with van der Waals surface area (Å²) in [6.45, 7) is 0. The Morgan fingerprint density at radius 1 is 1.21 bits per heavy atom. The summed E-state index contributed by atoms with van der Waals surface area (Å²) in [5, 5.41) is 9.14. The van der Waals surface area contributed by atoms with E-state index in [1.54, 1.807) is 0 Å². The highest BCUT2D eigenvalue weighted by atomic mass is 16.6. The van der Waals surface area contributed by atoms with Crippen molar-refractivity contribution in [1.82, 2.24) is 0 Å². The third kappa shape index (κ3) is 2.44. The molecule has 1 aliphatic rings. The first-order valence-corrected chi connectivity index (χ1v) is 4.91. The molecule has 1 aromatic rings. The van der Waals surface area contributed by atoms with E-state index in [-0.39, 0.29) is 6.10 Å². The van der Waals surface area contributed by atoms with E-state index in [0.29, 0.717) is 0 Å². The van der Waals surface area contributed by atoms with Gasteiger partial charge in [0.05, 0.1) is 6.10 Å². The van der Waals surface area contributed by atoms with Gasteiger partial charge in [0.25, 0.3) is 0 Å². The molecule has 74 valence electrons. The maximum absolute atomic E-state index is 9.14. The molecule has 0 aliphatic carbocycles. The van der Waals surface area contributed by atoms with Crippen molar-refractivity contribution < 1.29 is 9.84 Å². The van der Waals surface area contributed by atoms with E-state index in [0.717, 1.165) is 18.4 Å². The summed E-state index contributed by atoms with van der Waals surface area (Å²) in [6, 6.07) is 10.1. The number of aliphatic hydroxyl groups excluding tert-OH is 1. The van der Waals surface area contributed by atoms with Gasteiger partial charge in [-0.05, 0) is 12.0 Å². The molecule has 1 heterocycles. The molecule has 0 bridgehead atoms. The molecule has 0 amide bonds. The first kappa shape index (κ1) is 9.44. The number of hydrogen-bond acceptors (Lipinski definition) is 2. The monoisotopic (exact) mass is 190 g/mol. The summed E-state index contributed by atoms with van der Waals surface area (Å²) in [5.41, 5.74) is 1.16. The lowest BCUT2D eigenvalue weighted by Crippen LogP contribution is -2.06. The lowest BCUT2D eigenvalue weighted by molar-refractivity contribution is -0.0776. The Labute approximate surface area is 83.8 Å². The Morgan fingerprint density at radius 3 is 2.64 bits per heavy atom. The van der Waals surface area contributed by atoms with E-state index < -0.39 is 6.29 Å². The van der Waals surface area contributed by atoms with Crippen LogP contribution in [0.1, 0.15) is 18.4 Å². The second kappa shape index (κ2) is 4.40. The Kier molecular flexibility index (Phi) is 2.96. The molecule has 1 N–H and O–H groups in total. The van der Waals surface area contributed by atoms with E-state index in [9.17, 15) is 0 Å². The summed E-state index contributed by atoms with van der Waals surface area (Å²) in [5.74, 6) is 0. The lowest BCUT2D eigenvalue weighted by atomic mass is 10.1. The molecule has 2 nitrogen and oxygen atoms in total. The van der Waals surface area contributed by atoms with Gasteiger partial charge in [0.1, 0.15) is 0 Å². The van der Waals surface area contributed by atoms with E-state index in [1.165, 1.54) is 0 Å². The third-order valence-electron chi connectivity index (χ3n) is 2.33. The largest absolute Gasteiger partial charge is 0.368 e. The highest BCUT2D eigenvalue weighted by Gasteiger charge is 2.20. The average molecular weight is 190 g/mol. The molecule has 0 aromatic heterocycles. The Hall–Kier alpha value is -1.12. The van der Waals surface area contributed by atoms with Crippen molar-refractivity contribution in [2.24, 2.45) is 0 Å². The molecule has 1 aliphatic heterocycles. The van der Waals surface area contributed by atoms with Crippen LogP contribution in [-0.2, 0) is 4.74 Å². The molecule has 2 rings (SSSR count). The zero-order valence-electron chi connectivity index (χ0n) is 7.97. The van der Waals surface area contributed by atoms with Crippen molar-refractivity contribution in [2.45, 2.75) is 25.2 Å². The van der Waals surface area contributed by atoms with Gasteiger partial charge in [0.2, 0.25) is 0 Å². The fraction of sp³-hybridized carbons (Fsp3) is 0.333. The molecule has 14 heavy (non-hydrogen) atoms. The van der Waals surface area contributed by atoms with Crippen LogP contribution in [0.2, 0.25) is 0 Å². The fourth-order valence-corrected chi connectivity index (χ4v) is 1.57. The first-order valence-electron chi connectivity index (χ1n) is 4.91. The highest BCUT2D eigenvalue weighted by Crippen LogP contribution is 2.19. The summed E-state index contributed by atoms with van der Waals surface area (Å²) in [7, 11) is 0. The number of hydrogen-bond donors (Lipinski definition) is 1. The summed E-state index contributed by atoms with van der Waals surface area (Å²) < 4.78 is 5.25. The van der Waals surface area contributed by atoms with Gasteiger partial charge in [-0.3, -0.25) is 0 Å². The standard InChI is InChI=1S/C12H14O2/c13-12-9-8-11(14-12)7-6-10-4-2-1-3-5-10/h1-7,11-13H,8-9H2/b7-6+/t11-,12+/m0/s1. The summed E-state index contributed by atoms with van der Waals surface area (Å²) in [6.07, 6.45) is 5.19. The van der Waals surface area contributed by atoms with E-state index in [2.05, 4.69) is 0 Å². The molecule has 1 saturated heterocycles. The lowest BCUT2D eigenvalue weighted by Gasteiger charge is -2.03. The van der Waals surface area contributed by atoms with Gasteiger partial charge in [-0.15, -0.1) is 0 Å². The molecule has 2 heteroatoms. The van der Waals surface area contributed by atoms with Crippen molar-refractivity contribution in [2.75, 3.05) is 0 Å². The van der Waals surface area contributed by atoms with E-state index in [1.807, 2.05) is 42.5 Å². The van der Waals surface area contributed by atoms with Crippen molar-refractivity contribution >= 4 is 6.08 Å². The second-order valence-corrected chi connectivity index (χ2v) is 3.48. The number of rotatable bonds is 2. The van der Waals surface area contributed by atoms with Crippen molar-refractivity contribution in [3.63, 3.8) is 0 Å². The summed E-state index contributed by atoms with van der Waals surface area (Å²) >= 11 is 0. The maximum atomic E-state index is 9.14. The van der Waals surface area contributed by atoms with E-state index in [4.69, 9.17) is 9.84 Å². The SMILES string of the molecule is O[C@H]1CC[C@H](/C=C/c2ccccc2)O1. The molecular weight excluding hydrogens is 176 g/mol. The molecule has 0 radical (unpaired) electrons. The number of ether oxygens (including phenoxy) is 1. The van der Waals surface area contributed by atoms with Crippen LogP contribution in [0, 0.1) is 0 Å². The summed E-state index contributed by atoms with van der Waals surface area (Å²) in [4.78, 5) is 0. The minimum Gasteiger partial charge on any atom is -0.368 e. The van der Waals surface area contributed by atoms with Crippen molar-refractivity contribution in [3.8, 4) is 0 Å². The molecule has 1 aromatic carbocycles. The predicted molar refractivity (Wildman–Crippen MR) is 55.6 cm³/mol. The maximum Gasteiger partial charge on any atom is 0.155 e. The molecule has 0 saturated carbocycles. The Balaban J connectivity index is 1.94. The molecule has 0 spiro atoms. The van der Waals surface area contributed by atoms with Crippen LogP contribution >= 0.6 is 0 Å². The predicted octanol–water partition coefficient (Wildman–Crippen LogP) is 2.20. The zero-order valence-corrected chi connectivity index (χ0v) is 7.97. The van der Waals surface area contributed by atoms with Crippen LogP contribution in [0.3, 0.4) is 0 Å². The quantitative estimate of drug-likeness (QED) is 0.774. The van der Waals surface area contributed by atoms with Gasteiger partial charge < -0.3 is 9.84 Å². The van der Waals surface area contributed by atoms with Crippen molar-refractivity contribution in [1.29, 1.82) is 0 Å². The van der Waals surface area contributed by atoms with Crippen LogP contribution in [0.25, 0.3) is 6.08 Å². The molecule has 0 unspecified atom stereocenters. The molecule has 1 fully saturated rings. The Morgan fingerprint density at radius 2 is 2.00 bits per heavy atom. The first-order chi connectivity index (χ1) is 6.84. The van der Waals surface area contributed by atoms with Gasteiger partial charge in [-0.1, -0.05) is 42.5 Å². The molecule has 2 atom stereocenters. The van der Waals surface area contributed by atoms with Crippen molar-refractivity contribution in [3.05, 3.63) is 42.0 Å². The third-order valence-corrected chi connectivity index (χ3v) is 2.33. The fourth-order valence-electron chi connectivity index (χ4n) is 1.57.